The van der Waals surface area contributed by atoms with Gasteiger partial charge in [0.25, 0.3) is 0 Å². The third kappa shape index (κ3) is 11.0. The second-order valence-corrected chi connectivity index (χ2v) is 21.2. The maximum Gasteiger partial charge on any atom is 0.124 e. The Balaban J connectivity index is 1.69. The molecule has 6 heteroatoms. The lowest BCUT2D eigenvalue weighted by Gasteiger charge is -2.28. The summed E-state index contributed by atoms with van der Waals surface area (Å²) >= 11 is 0. The Morgan fingerprint density at radius 1 is 0.339 bits per heavy atom. The summed E-state index contributed by atoms with van der Waals surface area (Å²) in [6.45, 7) is 30.7. The van der Waals surface area contributed by atoms with E-state index in [9.17, 15) is 10.2 Å². The van der Waals surface area contributed by atoms with Gasteiger partial charge in [-0.3, -0.25) is 0 Å². The highest BCUT2D eigenvalue weighted by Crippen LogP contribution is 2.40. The molecular weight excluding hydrogens is 733 g/mol. The first-order chi connectivity index (χ1) is 27.6. The Labute approximate surface area is 355 Å². The standard InChI is InChI=1S/C53H72O6/c1-50(2,3)42-24-34-21-37-27-44(52(7,8)9)28-38(48(37)54)23-36-26-43(51(4,5)6)30-40-32-59-33-41-31-45(53(10,11)12)29-39(49(41)55)22-35(25-42)46(34)13-15-56-17-19-58-20-18-57-16-14-47(36)40/h24-31,54-55H,13-23,32-33H2,1-12H3. The van der Waals surface area contributed by atoms with Crippen molar-refractivity contribution in [3.63, 3.8) is 0 Å². The number of rotatable bonds is 0. The maximum atomic E-state index is 12.5. The van der Waals surface area contributed by atoms with E-state index in [-0.39, 0.29) is 28.3 Å². The first-order valence-electron chi connectivity index (χ1n) is 21.9. The monoisotopic (exact) mass is 805 g/mol. The molecule has 2 aliphatic heterocycles. The molecule has 6 nitrogen and oxygen atoms in total. The molecule has 0 saturated heterocycles. The van der Waals surface area contributed by atoms with Crippen LogP contribution >= 0.6 is 0 Å². The van der Waals surface area contributed by atoms with Crippen molar-refractivity contribution in [2.24, 2.45) is 0 Å². The van der Waals surface area contributed by atoms with Gasteiger partial charge < -0.3 is 29.2 Å². The zero-order chi connectivity index (χ0) is 42.9. The molecular formula is C53H72O6. The number of benzene rings is 4. The van der Waals surface area contributed by atoms with E-state index < -0.39 is 0 Å². The van der Waals surface area contributed by atoms with Crippen molar-refractivity contribution in [3.8, 4) is 11.5 Å². The second kappa shape index (κ2) is 17.7. The van der Waals surface area contributed by atoms with Crippen LogP contribution in [0.3, 0.4) is 0 Å². The van der Waals surface area contributed by atoms with Crippen LogP contribution in [0.25, 0.3) is 0 Å². The first-order valence-corrected chi connectivity index (χ1v) is 21.9. The molecule has 4 aromatic carbocycles. The lowest BCUT2D eigenvalue weighted by molar-refractivity contribution is 0.0155. The van der Waals surface area contributed by atoms with Crippen LogP contribution in [0.2, 0.25) is 0 Å². The van der Waals surface area contributed by atoms with E-state index in [0.717, 1.165) is 33.4 Å². The number of hydrogen-bond donors (Lipinski definition) is 2. The quantitative estimate of drug-likeness (QED) is 0.184. The Bertz CT molecular complexity index is 2110. The summed E-state index contributed by atoms with van der Waals surface area (Å²) in [6.07, 6.45) is 3.07. The zero-order valence-corrected chi connectivity index (χ0v) is 38.3. The highest BCUT2D eigenvalue weighted by molar-refractivity contribution is 5.55. The fourth-order valence-electron chi connectivity index (χ4n) is 8.38. The molecule has 2 aliphatic rings. The molecule has 0 unspecified atom stereocenters. The van der Waals surface area contributed by atoms with Gasteiger partial charge in [-0.15, -0.1) is 0 Å². The number of hydrogen-bond acceptors (Lipinski definition) is 6. The van der Waals surface area contributed by atoms with E-state index in [1.165, 1.54) is 44.5 Å². The average Bonchev–Trinajstić information content (AvgIpc) is 3.12. The molecule has 0 saturated carbocycles. The Hall–Kier alpha value is -3.68. The average molecular weight is 805 g/mol. The van der Waals surface area contributed by atoms with Crippen molar-refractivity contribution in [2.75, 3.05) is 39.6 Å². The molecule has 4 aromatic rings. The Morgan fingerprint density at radius 3 is 0.983 bits per heavy atom. The molecule has 6 rings (SSSR count). The predicted molar refractivity (Wildman–Crippen MR) is 241 cm³/mol. The van der Waals surface area contributed by atoms with Gasteiger partial charge in [0.05, 0.1) is 52.9 Å². The van der Waals surface area contributed by atoms with E-state index in [1.54, 1.807) is 0 Å². The van der Waals surface area contributed by atoms with E-state index in [1.807, 2.05) is 0 Å². The summed E-state index contributed by atoms with van der Waals surface area (Å²) < 4.78 is 25.1. The lowest BCUT2D eigenvalue weighted by Crippen LogP contribution is -2.18. The number of aromatic hydroxyl groups is 2. The molecule has 0 radical (unpaired) electrons. The SMILES string of the molecule is CC(C)(C)c1cc2c(O)c(c1)Cc1cc(C(C)(C)C)cc3c1CCOCCOCCOCCc1c(cc(C(C)(C)C)cc1Cc1cc(C(C)(C)C)cc(c1O)C3)COC2. The molecule has 0 fully saturated rings. The van der Waals surface area contributed by atoms with Gasteiger partial charge in [0.15, 0.2) is 0 Å². The van der Waals surface area contributed by atoms with Crippen LogP contribution in [-0.2, 0) is 85.9 Å². The van der Waals surface area contributed by atoms with Crippen molar-refractivity contribution in [1.82, 2.24) is 0 Å². The van der Waals surface area contributed by atoms with Crippen molar-refractivity contribution >= 4 is 0 Å². The number of ether oxygens (including phenoxy) is 4. The summed E-state index contributed by atoms with van der Waals surface area (Å²) in [6, 6.07) is 18.1. The van der Waals surface area contributed by atoms with Crippen molar-refractivity contribution in [2.45, 2.75) is 150 Å². The zero-order valence-electron chi connectivity index (χ0n) is 38.3. The molecule has 2 N–H and O–H groups in total. The van der Waals surface area contributed by atoms with Gasteiger partial charge in [-0.25, -0.2) is 0 Å². The van der Waals surface area contributed by atoms with Crippen LogP contribution in [-0.4, -0.2) is 49.9 Å². The van der Waals surface area contributed by atoms with Gasteiger partial charge in [-0.1, -0.05) is 126 Å². The molecule has 0 aromatic heterocycles. The molecule has 10 bridgehead atoms. The highest BCUT2D eigenvalue weighted by atomic mass is 16.5. The van der Waals surface area contributed by atoms with Crippen molar-refractivity contribution < 1.29 is 29.2 Å². The van der Waals surface area contributed by atoms with Gasteiger partial charge in [-0.2, -0.15) is 0 Å². The van der Waals surface area contributed by atoms with Crippen LogP contribution in [0.5, 0.6) is 11.5 Å². The van der Waals surface area contributed by atoms with Gasteiger partial charge in [0.1, 0.15) is 11.5 Å². The molecule has 0 atom stereocenters. The summed E-state index contributed by atoms with van der Waals surface area (Å²) in [5.74, 6) is 0.651. The molecule has 2 heterocycles. The van der Waals surface area contributed by atoms with Gasteiger partial charge in [0, 0.05) is 24.8 Å². The molecule has 320 valence electrons. The van der Waals surface area contributed by atoms with Gasteiger partial charge in [0.2, 0.25) is 0 Å². The molecule has 0 spiro atoms. The fourth-order valence-corrected chi connectivity index (χ4v) is 8.38. The number of phenols is 2. The topological polar surface area (TPSA) is 77.4 Å². The Morgan fingerprint density at radius 2 is 0.610 bits per heavy atom. The summed E-state index contributed by atoms with van der Waals surface area (Å²) in [5, 5.41) is 24.7. The summed E-state index contributed by atoms with van der Waals surface area (Å²) in [4.78, 5) is 0. The minimum Gasteiger partial charge on any atom is -0.507 e. The van der Waals surface area contributed by atoms with Crippen LogP contribution in [0.4, 0.5) is 0 Å². The largest absolute Gasteiger partial charge is 0.507 e. The minimum absolute atomic E-state index is 0.123. The third-order valence-electron chi connectivity index (χ3n) is 12.3. The molecule has 0 amide bonds. The van der Waals surface area contributed by atoms with Gasteiger partial charge >= 0.3 is 0 Å². The second-order valence-electron chi connectivity index (χ2n) is 21.2. The fraction of sp³-hybridized carbons (Fsp3) is 0.547. The van der Waals surface area contributed by atoms with Crippen LogP contribution in [0.1, 0.15) is 161 Å². The van der Waals surface area contributed by atoms with Crippen LogP contribution < -0.4 is 0 Å². The third-order valence-corrected chi connectivity index (χ3v) is 12.3. The van der Waals surface area contributed by atoms with E-state index in [4.69, 9.17) is 18.9 Å². The number of phenolic OH excluding ortho intramolecular Hbond substituents is 2. The van der Waals surface area contributed by atoms with Gasteiger partial charge in [-0.05, 0) is 113 Å². The minimum atomic E-state index is -0.146. The van der Waals surface area contributed by atoms with E-state index >= 15 is 0 Å². The van der Waals surface area contributed by atoms with Crippen LogP contribution in [0, 0.1) is 0 Å². The van der Waals surface area contributed by atoms with Crippen molar-refractivity contribution in [3.05, 3.63) is 126 Å². The first kappa shape index (κ1) is 44.9. The van der Waals surface area contributed by atoms with Crippen LogP contribution in [0.15, 0.2) is 48.5 Å². The smallest absolute Gasteiger partial charge is 0.124 e. The lowest BCUT2D eigenvalue weighted by atomic mass is 9.78. The van der Waals surface area contributed by atoms with Crippen molar-refractivity contribution in [1.29, 1.82) is 0 Å². The summed E-state index contributed by atoms with van der Waals surface area (Å²) in [5.41, 5.74) is 14.8. The molecule has 59 heavy (non-hydrogen) atoms. The molecule has 0 aliphatic carbocycles. The normalized spacial score (nSPS) is 16.8. The van der Waals surface area contributed by atoms with E-state index in [2.05, 4.69) is 132 Å². The van der Waals surface area contributed by atoms with E-state index in [0.29, 0.717) is 89.9 Å². The maximum absolute atomic E-state index is 12.5. The predicted octanol–water partition coefficient (Wildman–Crippen LogP) is 11.2. The highest BCUT2D eigenvalue weighted by Gasteiger charge is 2.27. The summed E-state index contributed by atoms with van der Waals surface area (Å²) in [7, 11) is 0. The Kier molecular flexibility index (Phi) is 13.5. The number of fused-ring (bicyclic) bond motifs is 2.